The molecule has 1 N–H and O–H groups in total. The number of anilines is 1. The maximum absolute atomic E-state index is 3.49. The molecule has 0 radical (unpaired) electrons. The topological polar surface area (TPSA) is 12.0 Å². The summed E-state index contributed by atoms with van der Waals surface area (Å²) in [4.78, 5) is 0. The van der Waals surface area contributed by atoms with E-state index in [2.05, 4.69) is 42.8 Å². The summed E-state index contributed by atoms with van der Waals surface area (Å²) in [5, 5.41) is 3.49. The fourth-order valence-electron chi connectivity index (χ4n) is 1.44. The van der Waals surface area contributed by atoms with Crippen molar-refractivity contribution in [2.75, 3.05) is 23.9 Å². The van der Waals surface area contributed by atoms with Gasteiger partial charge in [-0.15, -0.1) is 0 Å². The van der Waals surface area contributed by atoms with Crippen molar-refractivity contribution in [3.8, 4) is 0 Å². The van der Waals surface area contributed by atoms with Gasteiger partial charge in [-0.05, 0) is 36.5 Å². The lowest BCUT2D eigenvalue weighted by molar-refractivity contribution is 0.985. The van der Waals surface area contributed by atoms with E-state index in [1.54, 1.807) is 0 Å². The van der Waals surface area contributed by atoms with E-state index in [-0.39, 0.29) is 0 Å². The number of hydrogen-bond donors (Lipinski definition) is 1. The molecule has 1 aromatic rings. The van der Waals surface area contributed by atoms with Crippen molar-refractivity contribution in [2.24, 2.45) is 0 Å². The predicted octanol–water partition coefficient (Wildman–Crippen LogP) is 3.41. The van der Waals surface area contributed by atoms with Crippen LogP contribution < -0.4 is 5.32 Å². The third-order valence-electron chi connectivity index (χ3n) is 2.24. The summed E-state index contributed by atoms with van der Waals surface area (Å²) >= 11 is 1.91. The molecular weight excluding hydrogens is 190 g/mol. The minimum absolute atomic E-state index is 1.08. The molecule has 2 heteroatoms. The smallest absolute Gasteiger partial charge is 0.0372 e. The molecule has 78 valence electrons. The van der Waals surface area contributed by atoms with Gasteiger partial charge >= 0.3 is 0 Å². The first kappa shape index (κ1) is 11.4. The normalized spacial score (nSPS) is 10.1. The van der Waals surface area contributed by atoms with Gasteiger partial charge in [-0.3, -0.25) is 0 Å². The standard InChI is InChI=1S/C12H19NS/c1-3-11-7-4-5-8-12(11)13-9-6-10-14-2/h4-5,7-8,13H,3,6,9-10H2,1-2H3. The first-order chi connectivity index (χ1) is 6.88. The number of para-hydroxylation sites is 1. The van der Waals surface area contributed by atoms with Crippen molar-refractivity contribution in [2.45, 2.75) is 19.8 Å². The quantitative estimate of drug-likeness (QED) is 0.721. The molecule has 0 amide bonds. The molecule has 0 atom stereocenters. The summed E-state index contributed by atoms with van der Waals surface area (Å²) in [6.07, 6.45) is 4.49. The Balaban J connectivity index is 2.41. The van der Waals surface area contributed by atoms with Gasteiger partial charge in [0.15, 0.2) is 0 Å². The summed E-state index contributed by atoms with van der Waals surface area (Å²) in [5.74, 6) is 1.24. The molecule has 0 aliphatic rings. The van der Waals surface area contributed by atoms with Gasteiger partial charge in [0.05, 0.1) is 0 Å². The first-order valence-corrected chi connectivity index (χ1v) is 6.58. The molecular formula is C12H19NS. The number of thioether (sulfide) groups is 1. The van der Waals surface area contributed by atoms with Crippen LogP contribution in [-0.2, 0) is 6.42 Å². The Morgan fingerprint density at radius 3 is 2.79 bits per heavy atom. The van der Waals surface area contributed by atoms with Gasteiger partial charge in [0.1, 0.15) is 0 Å². The molecule has 0 aliphatic carbocycles. The molecule has 0 spiro atoms. The molecule has 1 nitrogen and oxygen atoms in total. The third kappa shape index (κ3) is 3.62. The molecule has 0 bridgehead atoms. The van der Waals surface area contributed by atoms with Crippen molar-refractivity contribution < 1.29 is 0 Å². The maximum Gasteiger partial charge on any atom is 0.0372 e. The second-order valence-corrected chi connectivity index (χ2v) is 4.27. The number of nitrogens with one attached hydrogen (secondary N) is 1. The van der Waals surface area contributed by atoms with Gasteiger partial charge in [0.25, 0.3) is 0 Å². The van der Waals surface area contributed by atoms with E-state index in [1.165, 1.54) is 23.4 Å². The lowest BCUT2D eigenvalue weighted by atomic mass is 10.1. The van der Waals surface area contributed by atoms with E-state index in [1.807, 2.05) is 11.8 Å². The van der Waals surface area contributed by atoms with Gasteiger partial charge in [-0.25, -0.2) is 0 Å². The van der Waals surface area contributed by atoms with Gasteiger partial charge in [0.2, 0.25) is 0 Å². The van der Waals surface area contributed by atoms with Crippen molar-refractivity contribution in [3.63, 3.8) is 0 Å². The van der Waals surface area contributed by atoms with Crippen LogP contribution in [0.25, 0.3) is 0 Å². The van der Waals surface area contributed by atoms with Crippen LogP contribution in [0.4, 0.5) is 5.69 Å². The Hall–Kier alpha value is -0.630. The molecule has 0 saturated carbocycles. The van der Waals surface area contributed by atoms with E-state index in [0.717, 1.165) is 13.0 Å². The van der Waals surface area contributed by atoms with Gasteiger partial charge < -0.3 is 5.32 Å². The number of aryl methyl sites for hydroxylation is 1. The fraction of sp³-hybridized carbons (Fsp3) is 0.500. The van der Waals surface area contributed by atoms with E-state index in [4.69, 9.17) is 0 Å². The molecule has 0 heterocycles. The Labute approximate surface area is 91.3 Å². The van der Waals surface area contributed by atoms with E-state index >= 15 is 0 Å². The zero-order valence-electron chi connectivity index (χ0n) is 9.05. The lowest BCUT2D eigenvalue weighted by Crippen LogP contribution is -2.04. The fourth-order valence-corrected chi connectivity index (χ4v) is 1.87. The molecule has 14 heavy (non-hydrogen) atoms. The van der Waals surface area contributed by atoms with E-state index < -0.39 is 0 Å². The van der Waals surface area contributed by atoms with Crippen LogP contribution >= 0.6 is 11.8 Å². The Bertz CT molecular complexity index is 260. The number of rotatable bonds is 6. The molecule has 0 unspecified atom stereocenters. The summed E-state index contributed by atoms with van der Waals surface area (Å²) in [6.45, 7) is 3.28. The van der Waals surface area contributed by atoms with Crippen LogP contribution in [-0.4, -0.2) is 18.6 Å². The first-order valence-electron chi connectivity index (χ1n) is 5.19. The van der Waals surface area contributed by atoms with Crippen molar-refractivity contribution >= 4 is 17.4 Å². The van der Waals surface area contributed by atoms with Crippen LogP contribution in [0.1, 0.15) is 18.9 Å². The Morgan fingerprint density at radius 1 is 1.29 bits per heavy atom. The third-order valence-corrected chi connectivity index (χ3v) is 2.94. The highest BCUT2D eigenvalue weighted by Gasteiger charge is 1.97. The average Bonchev–Trinajstić information content (AvgIpc) is 2.25. The van der Waals surface area contributed by atoms with Crippen molar-refractivity contribution in [1.29, 1.82) is 0 Å². The summed E-state index contributed by atoms with van der Waals surface area (Å²) in [7, 11) is 0. The highest BCUT2D eigenvalue weighted by molar-refractivity contribution is 7.98. The summed E-state index contributed by atoms with van der Waals surface area (Å²) in [6, 6.07) is 8.55. The van der Waals surface area contributed by atoms with Crippen molar-refractivity contribution in [1.82, 2.24) is 0 Å². The Morgan fingerprint density at radius 2 is 2.07 bits per heavy atom. The minimum Gasteiger partial charge on any atom is -0.385 e. The van der Waals surface area contributed by atoms with Gasteiger partial charge in [-0.1, -0.05) is 25.1 Å². The second kappa shape index (κ2) is 6.77. The highest BCUT2D eigenvalue weighted by Crippen LogP contribution is 2.15. The zero-order valence-corrected chi connectivity index (χ0v) is 9.86. The number of benzene rings is 1. The monoisotopic (exact) mass is 209 g/mol. The summed E-state index contributed by atoms with van der Waals surface area (Å²) < 4.78 is 0. The predicted molar refractivity (Wildman–Crippen MR) is 67.3 cm³/mol. The minimum atomic E-state index is 1.08. The van der Waals surface area contributed by atoms with Crippen LogP contribution in [0.5, 0.6) is 0 Å². The average molecular weight is 209 g/mol. The molecule has 0 aliphatic heterocycles. The van der Waals surface area contributed by atoms with Crippen LogP contribution in [0.3, 0.4) is 0 Å². The van der Waals surface area contributed by atoms with Crippen molar-refractivity contribution in [3.05, 3.63) is 29.8 Å². The second-order valence-electron chi connectivity index (χ2n) is 3.28. The summed E-state index contributed by atoms with van der Waals surface area (Å²) in [5.41, 5.74) is 2.72. The molecule has 0 aromatic heterocycles. The van der Waals surface area contributed by atoms with E-state index in [9.17, 15) is 0 Å². The van der Waals surface area contributed by atoms with Gasteiger partial charge in [0, 0.05) is 12.2 Å². The lowest BCUT2D eigenvalue weighted by Gasteiger charge is -2.09. The van der Waals surface area contributed by atoms with E-state index in [0.29, 0.717) is 0 Å². The van der Waals surface area contributed by atoms with Crippen LogP contribution in [0, 0.1) is 0 Å². The maximum atomic E-state index is 3.49. The molecule has 0 saturated heterocycles. The molecule has 1 rings (SSSR count). The van der Waals surface area contributed by atoms with Crippen LogP contribution in [0.15, 0.2) is 24.3 Å². The highest BCUT2D eigenvalue weighted by atomic mass is 32.2. The zero-order chi connectivity index (χ0) is 10.2. The largest absolute Gasteiger partial charge is 0.385 e. The molecule has 0 fully saturated rings. The van der Waals surface area contributed by atoms with Crippen LogP contribution in [0.2, 0.25) is 0 Å². The van der Waals surface area contributed by atoms with Gasteiger partial charge in [-0.2, -0.15) is 11.8 Å². The molecule has 1 aromatic carbocycles. The SMILES string of the molecule is CCc1ccccc1NCCCSC. The Kier molecular flexibility index (Phi) is 5.53. The number of hydrogen-bond acceptors (Lipinski definition) is 2.